The number of benzene rings is 1. The van der Waals surface area contributed by atoms with E-state index in [0.717, 1.165) is 38.8 Å². The van der Waals surface area contributed by atoms with Gasteiger partial charge in [-0.3, -0.25) is 15.0 Å². The van der Waals surface area contributed by atoms with Gasteiger partial charge in [0.05, 0.1) is 51.0 Å². The lowest BCUT2D eigenvalue weighted by Gasteiger charge is -2.18. The standard InChI is InChI=1S/C26H39F2N7O3/c1-30-17-21(38-19-22-25(27)23(36-3)14-24(37-4)26(22)28)18-31-6-7-33-20(15-29)16-32-8-11-35-10-5-9-34(2)12-13-35/h6,14-18,33H,5,7-13,19,29H2,1-4H3/b20-15?,21-18+,30-17?,31-6?,32-16?. The minimum Gasteiger partial charge on any atom is -0.494 e. The van der Waals surface area contributed by atoms with E-state index in [1.165, 1.54) is 39.3 Å². The van der Waals surface area contributed by atoms with E-state index < -0.39 is 18.2 Å². The molecule has 0 atom stereocenters. The van der Waals surface area contributed by atoms with Gasteiger partial charge in [-0.15, -0.1) is 0 Å². The number of hydrogen-bond donors (Lipinski definition) is 2. The van der Waals surface area contributed by atoms with Crippen LogP contribution in [0.2, 0.25) is 0 Å². The maximum Gasteiger partial charge on any atom is 0.174 e. The fourth-order valence-electron chi connectivity index (χ4n) is 3.63. The lowest BCUT2D eigenvalue weighted by atomic mass is 10.1. The van der Waals surface area contributed by atoms with Gasteiger partial charge in [0.15, 0.2) is 28.9 Å². The van der Waals surface area contributed by atoms with Crippen molar-refractivity contribution in [1.82, 2.24) is 15.1 Å². The molecule has 3 N–H and O–H groups in total. The number of ether oxygens (including phenoxy) is 3. The molecule has 0 bridgehead atoms. The zero-order valence-corrected chi connectivity index (χ0v) is 22.6. The van der Waals surface area contributed by atoms with Crippen molar-refractivity contribution in [1.29, 1.82) is 0 Å². The zero-order chi connectivity index (χ0) is 27.8. The number of likely N-dealkylation sites (N-methyl/N-ethyl adjacent to an activating group) is 1. The number of rotatable bonds is 14. The number of methoxy groups -OCH3 is 2. The minimum atomic E-state index is -0.868. The Morgan fingerprint density at radius 2 is 1.84 bits per heavy atom. The fourth-order valence-corrected chi connectivity index (χ4v) is 3.63. The Balaban J connectivity index is 1.86. The van der Waals surface area contributed by atoms with Crippen molar-refractivity contribution in [3.05, 3.63) is 47.1 Å². The predicted molar refractivity (Wildman–Crippen MR) is 147 cm³/mol. The Morgan fingerprint density at radius 1 is 1.11 bits per heavy atom. The molecule has 12 heteroatoms. The van der Waals surface area contributed by atoms with Crippen LogP contribution in [0.3, 0.4) is 0 Å². The molecule has 0 aliphatic carbocycles. The van der Waals surface area contributed by atoms with Gasteiger partial charge in [0, 0.05) is 51.4 Å². The van der Waals surface area contributed by atoms with Crippen LogP contribution < -0.4 is 20.5 Å². The van der Waals surface area contributed by atoms with E-state index in [4.69, 9.17) is 19.9 Å². The second-order valence-electron chi connectivity index (χ2n) is 8.46. The molecule has 1 aliphatic heterocycles. The largest absolute Gasteiger partial charge is 0.494 e. The molecular weight excluding hydrogens is 496 g/mol. The summed E-state index contributed by atoms with van der Waals surface area (Å²) >= 11 is 0. The molecule has 2 rings (SSSR count). The molecule has 1 heterocycles. The summed E-state index contributed by atoms with van der Waals surface area (Å²) in [4.78, 5) is 17.3. The number of halogens is 2. The molecule has 0 radical (unpaired) electrons. The van der Waals surface area contributed by atoms with Crippen LogP contribution in [-0.2, 0) is 11.3 Å². The van der Waals surface area contributed by atoms with Crippen LogP contribution in [-0.4, -0.2) is 103 Å². The predicted octanol–water partition coefficient (Wildman–Crippen LogP) is 2.21. The molecule has 0 unspecified atom stereocenters. The zero-order valence-electron chi connectivity index (χ0n) is 22.6. The van der Waals surface area contributed by atoms with Crippen molar-refractivity contribution in [3.63, 3.8) is 0 Å². The Bertz CT molecular complexity index is 1000. The van der Waals surface area contributed by atoms with Gasteiger partial charge in [-0.25, -0.2) is 8.78 Å². The van der Waals surface area contributed by atoms with E-state index in [2.05, 4.69) is 37.1 Å². The molecular formula is C26H39F2N7O3. The molecule has 1 saturated heterocycles. The number of nitrogens with zero attached hydrogens (tertiary/aromatic N) is 5. The van der Waals surface area contributed by atoms with E-state index in [1.807, 2.05) is 0 Å². The quantitative estimate of drug-likeness (QED) is 0.278. The second kappa shape index (κ2) is 17.1. The van der Waals surface area contributed by atoms with Gasteiger partial charge < -0.3 is 35.1 Å². The smallest absolute Gasteiger partial charge is 0.174 e. The molecule has 1 aliphatic rings. The lowest BCUT2D eigenvalue weighted by Crippen LogP contribution is -2.31. The number of hydrogen-bond acceptors (Lipinski definition) is 10. The van der Waals surface area contributed by atoms with Gasteiger partial charge in [-0.2, -0.15) is 0 Å². The van der Waals surface area contributed by atoms with Crippen LogP contribution in [0.5, 0.6) is 11.5 Å². The first-order chi connectivity index (χ1) is 18.4. The van der Waals surface area contributed by atoms with Gasteiger partial charge in [0.25, 0.3) is 0 Å². The van der Waals surface area contributed by atoms with Crippen LogP contribution in [0.15, 0.2) is 44.9 Å². The highest BCUT2D eigenvalue weighted by molar-refractivity contribution is 5.79. The summed E-state index contributed by atoms with van der Waals surface area (Å²) in [7, 11) is 6.26. The lowest BCUT2D eigenvalue weighted by molar-refractivity contribution is 0.207. The van der Waals surface area contributed by atoms with Crippen molar-refractivity contribution in [2.45, 2.75) is 13.0 Å². The average Bonchev–Trinajstić information content (AvgIpc) is 3.13. The number of allylic oxidation sites excluding steroid dienone is 2. The molecule has 38 heavy (non-hydrogen) atoms. The molecule has 0 spiro atoms. The summed E-state index contributed by atoms with van der Waals surface area (Å²) < 4.78 is 44.6. The molecule has 0 aromatic heterocycles. The maximum absolute atomic E-state index is 14.6. The monoisotopic (exact) mass is 535 g/mol. The Labute approximate surface area is 223 Å². The third kappa shape index (κ3) is 10.1. The highest BCUT2D eigenvalue weighted by Crippen LogP contribution is 2.31. The number of aliphatic imine (C=N–C) groups is 3. The van der Waals surface area contributed by atoms with E-state index in [-0.39, 0.29) is 22.8 Å². The van der Waals surface area contributed by atoms with Gasteiger partial charge in [0.2, 0.25) is 0 Å². The van der Waals surface area contributed by atoms with Gasteiger partial charge >= 0.3 is 0 Å². The van der Waals surface area contributed by atoms with Crippen molar-refractivity contribution in [2.24, 2.45) is 20.7 Å². The summed E-state index contributed by atoms with van der Waals surface area (Å²) in [6.45, 7) is 5.91. The van der Waals surface area contributed by atoms with Gasteiger partial charge in [-0.1, -0.05) is 0 Å². The first kappa shape index (κ1) is 30.7. The summed E-state index contributed by atoms with van der Waals surface area (Å²) in [6.07, 6.45) is 8.69. The topological polar surface area (TPSA) is 109 Å². The fraction of sp³-hybridized carbons (Fsp3) is 0.500. The normalized spacial score (nSPS) is 16.5. The highest BCUT2D eigenvalue weighted by atomic mass is 19.1. The summed E-state index contributed by atoms with van der Waals surface area (Å²) in [5, 5.41) is 3.11. The summed E-state index contributed by atoms with van der Waals surface area (Å²) in [5.74, 6) is -1.83. The van der Waals surface area contributed by atoms with Crippen molar-refractivity contribution < 1.29 is 23.0 Å². The van der Waals surface area contributed by atoms with Crippen molar-refractivity contribution in [2.75, 3.05) is 74.1 Å². The van der Waals surface area contributed by atoms with E-state index >= 15 is 0 Å². The Kier molecular flexibility index (Phi) is 13.8. The Hall–Kier alpha value is -3.51. The van der Waals surface area contributed by atoms with E-state index in [0.29, 0.717) is 18.8 Å². The number of nitrogens with two attached hydrogens (primary N) is 1. The van der Waals surface area contributed by atoms with Crippen LogP contribution >= 0.6 is 0 Å². The number of nitrogens with one attached hydrogen (secondary N) is 1. The Morgan fingerprint density at radius 3 is 2.50 bits per heavy atom. The third-order valence-electron chi connectivity index (χ3n) is 5.78. The maximum atomic E-state index is 14.6. The molecule has 1 fully saturated rings. The highest BCUT2D eigenvalue weighted by Gasteiger charge is 2.20. The minimum absolute atomic E-state index is 0.150. The van der Waals surface area contributed by atoms with E-state index in [9.17, 15) is 8.78 Å². The van der Waals surface area contributed by atoms with Crippen LogP contribution in [0.4, 0.5) is 8.78 Å². The third-order valence-corrected chi connectivity index (χ3v) is 5.78. The molecule has 0 amide bonds. The average molecular weight is 536 g/mol. The first-order valence-electron chi connectivity index (χ1n) is 12.4. The van der Waals surface area contributed by atoms with Crippen LogP contribution in [0.1, 0.15) is 12.0 Å². The molecule has 1 aromatic carbocycles. The molecule has 0 saturated carbocycles. The molecule has 210 valence electrons. The summed E-state index contributed by atoms with van der Waals surface area (Å²) in [6, 6.07) is 1.14. The second-order valence-corrected chi connectivity index (χ2v) is 8.46. The molecule has 10 nitrogen and oxygen atoms in total. The van der Waals surface area contributed by atoms with Gasteiger partial charge in [-0.05, 0) is 26.6 Å². The van der Waals surface area contributed by atoms with Crippen LogP contribution in [0, 0.1) is 11.6 Å². The summed E-state index contributed by atoms with van der Waals surface area (Å²) in [5.41, 5.74) is 6.03. The van der Waals surface area contributed by atoms with E-state index in [1.54, 1.807) is 19.5 Å². The SMILES string of the molecule is CN=C/C(=C\N=CCNC(C=NCCN1CCCN(C)CC1)=CN)OCc1c(F)c(OC)cc(OC)c1F. The van der Waals surface area contributed by atoms with Crippen molar-refractivity contribution >= 4 is 18.6 Å². The van der Waals surface area contributed by atoms with Crippen LogP contribution in [0.25, 0.3) is 0 Å². The first-order valence-corrected chi connectivity index (χ1v) is 12.4. The van der Waals surface area contributed by atoms with Crippen molar-refractivity contribution in [3.8, 4) is 11.5 Å². The van der Waals surface area contributed by atoms with Gasteiger partial charge in [0.1, 0.15) is 6.61 Å². The molecule has 1 aromatic rings.